The molecule has 0 N–H and O–H groups in total. The average molecular weight is 323 g/mol. The van der Waals surface area contributed by atoms with Gasteiger partial charge in [-0.25, -0.2) is 13.4 Å². The van der Waals surface area contributed by atoms with Gasteiger partial charge in [-0.3, -0.25) is 4.68 Å². The van der Waals surface area contributed by atoms with Gasteiger partial charge in [0.1, 0.15) is 0 Å². The minimum atomic E-state index is -3.53. The summed E-state index contributed by atoms with van der Waals surface area (Å²) in [4.78, 5) is 4.07. The van der Waals surface area contributed by atoms with Crippen molar-refractivity contribution in [3.05, 3.63) is 30.5 Å². The van der Waals surface area contributed by atoms with E-state index in [1.165, 1.54) is 4.31 Å². The first kappa shape index (κ1) is 15.2. The van der Waals surface area contributed by atoms with Crippen molar-refractivity contribution in [1.82, 2.24) is 23.6 Å². The quantitative estimate of drug-likeness (QED) is 0.857. The third-order valence-electron chi connectivity index (χ3n) is 4.01. The van der Waals surface area contributed by atoms with Gasteiger partial charge in [-0.05, 0) is 32.8 Å². The van der Waals surface area contributed by atoms with Crippen molar-refractivity contribution < 1.29 is 8.42 Å². The Kier molecular flexibility index (Phi) is 3.82. The second-order valence-electron chi connectivity index (χ2n) is 6.06. The van der Waals surface area contributed by atoms with E-state index in [1.807, 2.05) is 31.6 Å². The zero-order valence-corrected chi connectivity index (χ0v) is 13.9. The van der Waals surface area contributed by atoms with E-state index < -0.39 is 10.0 Å². The van der Waals surface area contributed by atoms with Gasteiger partial charge in [0.2, 0.25) is 0 Å². The third kappa shape index (κ3) is 2.68. The largest absolute Gasteiger partial charge is 0.334 e. The van der Waals surface area contributed by atoms with Crippen LogP contribution in [0.1, 0.15) is 37.9 Å². The van der Waals surface area contributed by atoms with Crippen LogP contribution in [-0.4, -0.2) is 45.1 Å². The highest BCUT2D eigenvalue weighted by atomic mass is 32.2. The molecule has 0 radical (unpaired) electrons. The first-order valence-corrected chi connectivity index (χ1v) is 8.86. The Balaban J connectivity index is 1.78. The molecule has 3 heterocycles. The second-order valence-corrected chi connectivity index (χ2v) is 7.94. The Morgan fingerprint density at radius 3 is 2.68 bits per heavy atom. The number of aryl methyl sites for hydroxylation is 1. The van der Waals surface area contributed by atoms with Crippen LogP contribution < -0.4 is 0 Å². The number of aromatic nitrogens is 4. The lowest BCUT2D eigenvalue weighted by molar-refractivity contribution is 0.433. The zero-order chi connectivity index (χ0) is 15.9. The van der Waals surface area contributed by atoms with E-state index in [4.69, 9.17) is 0 Å². The van der Waals surface area contributed by atoms with E-state index in [-0.39, 0.29) is 17.1 Å². The van der Waals surface area contributed by atoms with E-state index in [1.54, 1.807) is 23.3 Å². The molecule has 8 heteroatoms. The lowest BCUT2D eigenvalue weighted by Crippen LogP contribution is -2.29. The molecule has 2 aromatic rings. The van der Waals surface area contributed by atoms with Crippen molar-refractivity contribution in [2.75, 3.05) is 13.1 Å². The SMILES string of the molecule is Cc1cnn(C2CCN(S(=O)(=O)c3cn(C(C)C)cn3)C2)c1. The molecule has 2 aromatic heterocycles. The fraction of sp³-hybridized carbons (Fsp3) is 0.571. The van der Waals surface area contributed by atoms with E-state index in [0.29, 0.717) is 13.1 Å². The van der Waals surface area contributed by atoms with Crippen LogP contribution in [0.2, 0.25) is 0 Å². The standard InChI is InChI=1S/C14H21N5O2S/c1-11(2)17-9-14(15-10-17)22(20,21)18-5-4-13(8-18)19-7-12(3)6-16-19/h6-7,9-11,13H,4-5,8H2,1-3H3. The summed E-state index contributed by atoms with van der Waals surface area (Å²) in [7, 11) is -3.53. The highest BCUT2D eigenvalue weighted by molar-refractivity contribution is 7.89. The van der Waals surface area contributed by atoms with Crippen molar-refractivity contribution in [3.63, 3.8) is 0 Å². The van der Waals surface area contributed by atoms with Crippen molar-refractivity contribution >= 4 is 10.0 Å². The summed E-state index contributed by atoms with van der Waals surface area (Å²) in [6, 6.07) is 0.283. The topological polar surface area (TPSA) is 73.0 Å². The summed E-state index contributed by atoms with van der Waals surface area (Å²) in [5, 5.41) is 4.41. The van der Waals surface area contributed by atoms with Crippen molar-refractivity contribution in [1.29, 1.82) is 0 Å². The van der Waals surface area contributed by atoms with Gasteiger partial charge in [-0.1, -0.05) is 0 Å². The molecule has 3 rings (SSSR count). The average Bonchev–Trinajstić information content (AvgIpc) is 3.18. The molecule has 0 amide bonds. The molecule has 120 valence electrons. The Morgan fingerprint density at radius 2 is 2.09 bits per heavy atom. The van der Waals surface area contributed by atoms with Crippen LogP contribution in [0.15, 0.2) is 29.9 Å². The molecule has 22 heavy (non-hydrogen) atoms. The van der Waals surface area contributed by atoms with Crippen LogP contribution >= 0.6 is 0 Å². The fourth-order valence-electron chi connectivity index (χ4n) is 2.64. The Labute approximate surface area is 130 Å². The van der Waals surface area contributed by atoms with Gasteiger partial charge >= 0.3 is 0 Å². The van der Waals surface area contributed by atoms with E-state index >= 15 is 0 Å². The summed E-state index contributed by atoms with van der Waals surface area (Å²) in [5.74, 6) is 0. The maximum atomic E-state index is 12.7. The minimum absolute atomic E-state index is 0.0932. The van der Waals surface area contributed by atoms with Crippen LogP contribution in [-0.2, 0) is 10.0 Å². The molecule has 1 atom stereocenters. The summed E-state index contributed by atoms with van der Waals surface area (Å²) in [5.41, 5.74) is 1.08. The predicted octanol–water partition coefficient (Wildman–Crippen LogP) is 1.60. The van der Waals surface area contributed by atoms with Crippen molar-refractivity contribution in [2.45, 2.75) is 44.3 Å². The van der Waals surface area contributed by atoms with Crippen LogP contribution in [0.4, 0.5) is 0 Å². The van der Waals surface area contributed by atoms with Crippen molar-refractivity contribution in [2.24, 2.45) is 0 Å². The summed E-state index contributed by atoms with van der Waals surface area (Å²) in [6.07, 6.45) is 7.69. The molecule has 0 bridgehead atoms. The highest BCUT2D eigenvalue weighted by Crippen LogP contribution is 2.26. The summed E-state index contributed by atoms with van der Waals surface area (Å²) < 4.78 is 30.5. The first-order chi connectivity index (χ1) is 10.4. The molecule has 1 aliphatic rings. The molecule has 0 saturated carbocycles. The van der Waals surface area contributed by atoms with Gasteiger partial charge in [0, 0.05) is 31.5 Å². The van der Waals surface area contributed by atoms with E-state index in [2.05, 4.69) is 10.1 Å². The van der Waals surface area contributed by atoms with E-state index in [9.17, 15) is 8.42 Å². The maximum absolute atomic E-state index is 12.7. The summed E-state index contributed by atoms with van der Waals surface area (Å²) >= 11 is 0. The molecular formula is C14H21N5O2S. The predicted molar refractivity (Wildman–Crippen MR) is 82.0 cm³/mol. The molecule has 0 aromatic carbocycles. The van der Waals surface area contributed by atoms with Crippen LogP contribution in [0.25, 0.3) is 0 Å². The number of sulfonamides is 1. The third-order valence-corrected chi connectivity index (χ3v) is 5.76. The lowest BCUT2D eigenvalue weighted by Gasteiger charge is -2.15. The highest BCUT2D eigenvalue weighted by Gasteiger charge is 2.35. The van der Waals surface area contributed by atoms with E-state index in [0.717, 1.165) is 12.0 Å². The monoisotopic (exact) mass is 323 g/mol. The van der Waals surface area contributed by atoms with Gasteiger partial charge in [0.15, 0.2) is 5.03 Å². The van der Waals surface area contributed by atoms with Gasteiger partial charge < -0.3 is 4.57 Å². The molecule has 1 saturated heterocycles. The summed E-state index contributed by atoms with van der Waals surface area (Å²) in [6.45, 7) is 6.90. The molecule has 1 aliphatic heterocycles. The molecule has 0 spiro atoms. The number of rotatable bonds is 4. The number of hydrogen-bond acceptors (Lipinski definition) is 4. The molecule has 1 unspecified atom stereocenters. The van der Waals surface area contributed by atoms with Crippen LogP contribution in [0.5, 0.6) is 0 Å². The molecule has 0 aliphatic carbocycles. The van der Waals surface area contributed by atoms with Gasteiger partial charge in [-0.2, -0.15) is 9.40 Å². The van der Waals surface area contributed by atoms with Crippen LogP contribution in [0.3, 0.4) is 0 Å². The van der Waals surface area contributed by atoms with Gasteiger partial charge in [0.25, 0.3) is 10.0 Å². The zero-order valence-electron chi connectivity index (χ0n) is 13.0. The number of imidazole rings is 1. The molecule has 7 nitrogen and oxygen atoms in total. The minimum Gasteiger partial charge on any atom is -0.334 e. The fourth-order valence-corrected chi connectivity index (χ4v) is 4.06. The Bertz CT molecular complexity index is 762. The Hall–Kier alpha value is -1.67. The van der Waals surface area contributed by atoms with Gasteiger partial charge in [0.05, 0.1) is 18.6 Å². The smallest absolute Gasteiger partial charge is 0.262 e. The Morgan fingerprint density at radius 1 is 1.32 bits per heavy atom. The molecular weight excluding hydrogens is 302 g/mol. The molecule has 1 fully saturated rings. The van der Waals surface area contributed by atoms with Crippen molar-refractivity contribution in [3.8, 4) is 0 Å². The normalized spacial score (nSPS) is 20.1. The number of nitrogens with zero attached hydrogens (tertiary/aromatic N) is 5. The number of hydrogen-bond donors (Lipinski definition) is 0. The lowest BCUT2D eigenvalue weighted by atomic mass is 10.3. The second kappa shape index (κ2) is 5.51. The maximum Gasteiger partial charge on any atom is 0.262 e. The van der Waals surface area contributed by atoms with Gasteiger partial charge in [-0.15, -0.1) is 0 Å². The van der Waals surface area contributed by atoms with Crippen LogP contribution in [0, 0.1) is 6.92 Å². The first-order valence-electron chi connectivity index (χ1n) is 7.42.